The lowest BCUT2D eigenvalue weighted by molar-refractivity contribution is 0.0975. The third-order valence-electron chi connectivity index (χ3n) is 3.81. The highest BCUT2D eigenvalue weighted by atomic mass is 35.5. The first-order chi connectivity index (χ1) is 10.1. The van der Waals surface area contributed by atoms with E-state index in [9.17, 15) is 0 Å². The maximum atomic E-state index is 6.09. The zero-order valence-corrected chi connectivity index (χ0v) is 14.0. The first kappa shape index (κ1) is 16.8. The van der Waals surface area contributed by atoms with Crippen LogP contribution in [0.3, 0.4) is 0 Å². The van der Waals surface area contributed by atoms with Crippen molar-refractivity contribution in [2.75, 3.05) is 19.8 Å². The first-order valence-electron chi connectivity index (χ1n) is 8.19. The minimum atomic E-state index is 0.612. The van der Waals surface area contributed by atoms with Gasteiger partial charge in [0.1, 0.15) is 0 Å². The molecule has 0 aromatic heterocycles. The summed E-state index contributed by atoms with van der Waals surface area (Å²) in [5.74, 6) is 1.23. The van der Waals surface area contributed by atoms with Gasteiger partial charge in [-0.25, -0.2) is 0 Å². The standard InChI is InChI=1S/C18H28ClNO/c1-14(2)13-21-9-8-16(12-20-18-6-7-18)10-15-4-3-5-17(19)11-15/h3-5,11,14,16,18,20H,6-10,12-13H2,1-2H3. The van der Waals surface area contributed by atoms with Gasteiger partial charge in [-0.2, -0.15) is 0 Å². The molecule has 0 saturated heterocycles. The summed E-state index contributed by atoms with van der Waals surface area (Å²) in [6, 6.07) is 9.00. The molecule has 1 aromatic rings. The fourth-order valence-electron chi connectivity index (χ4n) is 2.46. The SMILES string of the molecule is CC(C)COCCC(CNC1CC1)Cc1cccc(Cl)c1. The molecule has 21 heavy (non-hydrogen) atoms. The fraction of sp³-hybridized carbons (Fsp3) is 0.667. The minimum Gasteiger partial charge on any atom is -0.381 e. The van der Waals surface area contributed by atoms with Gasteiger partial charge in [0, 0.05) is 24.3 Å². The van der Waals surface area contributed by atoms with Crippen LogP contribution in [-0.2, 0) is 11.2 Å². The Hall–Kier alpha value is -0.570. The van der Waals surface area contributed by atoms with E-state index in [4.69, 9.17) is 16.3 Å². The molecule has 1 atom stereocenters. The normalized spacial score (nSPS) is 16.4. The van der Waals surface area contributed by atoms with Gasteiger partial charge < -0.3 is 10.1 Å². The Balaban J connectivity index is 1.78. The molecule has 0 radical (unpaired) electrons. The number of nitrogens with one attached hydrogen (secondary N) is 1. The van der Waals surface area contributed by atoms with E-state index in [1.807, 2.05) is 12.1 Å². The summed E-state index contributed by atoms with van der Waals surface area (Å²) in [4.78, 5) is 0. The van der Waals surface area contributed by atoms with E-state index in [-0.39, 0.29) is 0 Å². The molecule has 1 unspecified atom stereocenters. The first-order valence-corrected chi connectivity index (χ1v) is 8.57. The van der Waals surface area contributed by atoms with Gasteiger partial charge in [0.05, 0.1) is 0 Å². The number of ether oxygens (including phenoxy) is 1. The quantitative estimate of drug-likeness (QED) is 0.650. The van der Waals surface area contributed by atoms with Gasteiger partial charge in [0.2, 0.25) is 0 Å². The molecule has 0 spiro atoms. The Morgan fingerprint density at radius 1 is 1.33 bits per heavy atom. The van der Waals surface area contributed by atoms with Crippen molar-refractivity contribution >= 4 is 11.6 Å². The van der Waals surface area contributed by atoms with E-state index in [0.717, 1.165) is 43.7 Å². The number of benzene rings is 1. The smallest absolute Gasteiger partial charge is 0.0488 e. The Kier molecular flexibility index (Phi) is 7.01. The largest absolute Gasteiger partial charge is 0.381 e. The number of hydrogen-bond donors (Lipinski definition) is 1. The van der Waals surface area contributed by atoms with Gasteiger partial charge in [0.15, 0.2) is 0 Å². The molecule has 1 aliphatic carbocycles. The third-order valence-corrected chi connectivity index (χ3v) is 4.04. The molecule has 1 aromatic carbocycles. The maximum absolute atomic E-state index is 6.09. The molecular formula is C18H28ClNO. The highest BCUT2D eigenvalue weighted by Crippen LogP contribution is 2.21. The topological polar surface area (TPSA) is 21.3 Å². The molecule has 0 amide bonds. The van der Waals surface area contributed by atoms with Crippen molar-refractivity contribution in [3.05, 3.63) is 34.9 Å². The zero-order valence-electron chi connectivity index (χ0n) is 13.3. The van der Waals surface area contributed by atoms with Crippen molar-refractivity contribution in [3.63, 3.8) is 0 Å². The van der Waals surface area contributed by atoms with Crippen molar-refractivity contribution < 1.29 is 4.74 Å². The van der Waals surface area contributed by atoms with Gasteiger partial charge in [-0.3, -0.25) is 0 Å². The van der Waals surface area contributed by atoms with Crippen molar-refractivity contribution in [1.29, 1.82) is 0 Å². The number of hydrogen-bond acceptors (Lipinski definition) is 2. The summed E-state index contributed by atoms with van der Waals surface area (Å²) >= 11 is 6.09. The molecule has 2 rings (SSSR count). The van der Waals surface area contributed by atoms with Gasteiger partial charge in [-0.15, -0.1) is 0 Å². The highest BCUT2D eigenvalue weighted by molar-refractivity contribution is 6.30. The Morgan fingerprint density at radius 3 is 2.81 bits per heavy atom. The summed E-state index contributed by atoms with van der Waals surface area (Å²) < 4.78 is 5.76. The molecule has 0 bridgehead atoms. The second kappa shape index (κ2) is 8.77. The van der Waals surface area contributed by atoms with Gasteiger partial charge in [-0.05, 0) is 61.8 Å². The van der Waals surface area contributed by atoms with Crippen LogP contribution in [0, 0.1) is 11.8 Å². The van der Waals surface area contributed by atoms with Crippen LogP contribution in [0.2, 0.25) is 5.02 Å². The third kappa shape index (κ3) is 7.30. The number of rotatable bonds is 10. The Morgan fingerprint density at radius 2 is 2.14 bits per heavy atom. The zero-order chi connectivity index (χ0) is 15.1. The van der Waals surface area contributed by atoms with Crippen LogP contribution in [0.1, 0.15) is 38.7 Å². The highest BCUT2D eigenvalue weighted by Gasteiger charge is 2.22. The summed E-state index contributed by atoms with van der Waals surface area (Å²) in [7, 11) is 0. The van der Waals surface area contributed by atoms with E-state index in [1.54, 1.807) is 0 Å². The Labute approximate surface area is 134 Å². The molecular weight excluding hydrogens is 282 g/mol. The van der Waals surface area contributed by atoms with Crippen LogP contribution >= 0.6 is 11.6 Å². The average molecular weight is 310 g/mol. The molecule has 1 saturated carbocycles. The lowest BCUT2D eigenvalue weighted by Gasteiger charge is -2.18. The van der Waals surface area contributed by atoms with Gasteiger partial charge in [-0.1, -0.05) is 37.6 Å². The molecule has 0 heterocycles. The average Bonchev–Trinajstić information content (AvgIpc) is 3.24. The molecule has 1 N–H and O–H groups in total. The lowest BCUT2D eigenvalue weighted by Crippen LogP contribution is -2.27. The van der Waals surface area contributed by atoms with Crippen LogP contribution in [-0.4, -0.2) is 25.8 Å². The molecule has 0 aliphatic heterocycles. The van der Waals surface area contributed by atoms with E-state index in [1.165, 1.54) is 18.4 Å². The van der Waals surface area contributed by atoms with Crippen molar-refractivity contribution in [3.8, 4) is 0 Å². The van der Waals surface area contributed by atoms with Crippen molar-refractivity contribution in [1.82, 2.24) is 5.32 Å². The van der Waals surface area contributed by atoms with Crippen molar-refractivity contribution in [2.45, 2.75) is 45.6 Å². The number of halogens is 1. The van der Waals surface area contributed by atoms with Gasteiger partial charge in [0.25, 0.3) is 0 Å². The second-order valence-electron chi connectivity index (χ2n) is 6.64. The molecule has 2 nitrogen and oxygen atoms in total. The van der Waals surface area contributed by atoms with E-state index >= 15 is 0 Å². The van der Waals surface area contributed by atoms with Gasteiger partial charge >= 0.3 is 0 Å². The maximum Gasteiger partial charge on any atom is 0.0488 e. The van der Waals surface area contributed by atoms with E-state index < -0.39 is 0 Å². The Bertz CT molecular complexity index is 417. The van der Waals surface area contributed by atoms with Crippen LogP contribution < -0.4 is 5.32 Å². The molecule has 1 aliphatic rings. The van der Waals surface area contributed by atoms with Crippen LogP contribution in [0.5, 0.6) is 0 Å². The van der Waals surface area contributed by atoms with Crippen LogP contribution in [0.15, 0.2) is 24.3 Å². The minimum absolute atomic E-state index is 0.612. The summed E-state index contributed by atoms with van der Waals surface area (Å²) in [6.07, 6.45) is 4.87. The summed E-state index contributed by atoms with van der Waals surface area (Å²) in [6.45, 7) is 7.19. The van der Waals surface area contributed by atoms with Crippen LogP contribution in [0.4, 0.5) is 0 Å². The van der Waals surface area contributed by atoms with E-state index in [2.05, 4.69) is 31.3 Å². The molecule has 1 fully saturated rings. The fourth-order valence-corrected chi connectivity index (χ4v) is 2.68. The predicted octanol–water partition coefficient (Wildman–Crippen LogP) is 4.31. The second-order valence-corrected chi connectivity index (χ2v) is 7.08. The van der Waals surface area contributed by atoms with E-state index in [0.29, 0.717) is 11.8 Å². The molecule has 3 heteroatoms. The monoisotopic (exact) mass is 309 g/mol. The van der Waals surface area contributed by atoms with Crippen molar-refractivity contribution in [2.24, 2.45) is 11.8 Å². The predicted molar refractivity (Wildman–Crippen MR) is 89.9 cm³/mol. The summed E-state index contributed by atoms with van der Waals surface area (Å²) in [5, 5.41) is 4.48. The summed E-state index contributed by atoms with van der Waals surface area (Å²) in [5.41, 5.74) is 1.33. The lowest BCUT2D eigenvalue weighted by atomic mass is 9.96. The van der Waals surface area contributed by atoms with Crippen LogP contribution in [0.25, 0.3) is 0 Å². The molecule has 118 valence electrons.